The van der Waals surface area contributed by atoms with Crippen molar-refractivity contribution in [1.82, 2.24) is 0 Å². The van der Waals surface area contributed by atoms with Crippen LogP contribution in [-0.4, -0.2) is 6.54 Å². The van der Waals surface area contributed by atoms with Gasteiger partial charge in [0.15, 0.2) is 0 Å². The second-order valence-corrected chi connectivity index (χ2v) is 2.90. The Morgan fingerprint density at radius 2 is 1.92 bits per heavy atom. The Balaban J connectivity index is 3.33. The van der Waals surface area contributed by atoms with E-state index in [0.29, 0.717) is 0 Å². The summed E-state index contributed by atoms with van der Waals surface area (Å²) < 4.78 is 26.0. The van der Waals surface area contributed by atoms with Gasteiger partial charge in [-0.1, -0.05) is 18.2 Å². The average molecular weight is 204 g/mol. The fourth-order valence-electron chi connectivity index (χ4n) is 0.953. The molecule has 0 amide bonds. The molecule has 0 spiro atoms. The van der Waals surface area contributed by atoms with Crippen molar-refractivity contribution in [2.75, 3.05) is 6.54 Å². The van der Waals surface area contributed by atoms with Gasteiger partial charge in [0.1, 0.15) is 11.6 Å². The van der Waals surface area contributed by atoms with Crippen LogP contribution >= 0.6 is 11.6 Å². The van der Waals surface area contributed by atoms with Crippen molar-refractivity contribution in [2.45, 2.75) is 0 Å². The SMILES string of the molecule is C=C(CN)c1c(F)ccc(F)c1Cl. The lowest BCUT2D eigenvalue weighted by molar-refractivity contribution is 0.597. The molecule has 0 bridgehead atoms. The summed E-state index contributed by atoms with van der Waals surface area (Å²) in [6.07, 6.45) is 0. The highest BCUT2D eigenvalue weighted by Crippen LogP contribution is 2.27. The maximum atomic E-state index is 13.1. The Hall–Kier alpha value is -0.930. The molecule has 0 aromatic heterocycles. The molecule has 70 valence electrons. The maximum Gasteiger partial charge on any atom is 0.142 e. The molecule has 1 nitrogen and oxygen atoms in total. The van der Waals surface area contributed by atoms with Crippen LogP contribution in [0.1, 0.15) is 5.56 Å². The number of nitrogens with two attached hydrogens (primary N) is 1. The van der Waals surface area contributed by atoms with Gasteiger partial charge in [-0.3, -0.25) is 0 Å². The van der Waals surface area contributed by atoms with Crippen molar-refractivity contribution in [3.63, 3.8) is 0 Å². The van der Waals surface area contributed by atoms with Crippen LogP contribution in [0.5, 0.6) is 0 Å². The van der Waals surface area contributed by atoms with Gasteiger partial charge in [-0.25, -0.2) is 8.78 Å². The lowest BCUT2D eigenvalue weighted by atomic mass is 10.1. The molecule has 0 aliphatic carbocycles. The molecule has 0 atom stereocenters. The zero-order valence-electron chi connectivity index (χ0n) is 6.78. The Morgan fingerprint density at radius 3 is 2.46 bits per heavy atom. The number of rotatable bonds is 2. The smallest absolute Gasteiger partial charge is 0.142 e. The maximum absolute atomic E-state index is 13.1. The van der Waals surface area contributed by atoms with E-state index in [1.807, 2.05) is 0 Å². The first-order valence-electron chi connectivity index (χ1n) is 3.59. The highest BCUT2D eigenvalue weighted by molar-refractivity contribution is 6.32. The number of hydrogen-bond donors (Lipinski definition) is 1. The first kappa shape index (κ1) is 10.2. The summed E-state index contributed by atoms with van der Waals surface area (Å²) in [7, 11) is 0. The van der Waals surface area contributed by atoms with Crippen LogP contribution in [0.3, 0.4) is 0 Å². The molecule has 0 aliphatic heterocycles. The van der Waals surface area contributed by atoms with E-state index in [4.69, 9.17) is 17.3 Å². The molecule has 2 N–H and O–H groups in total. The normalized spacial score (nSPS) is 10.2. The lowest BCUT2D eigenvalue weighted by Crippen LogP contribution is -2.04. The average Bonchev–Trinajstić information content (AvgIpc) is 2.12. The molecule has 13 heavy (non-hydrogen) atoms. The minimum atomic E-state index is -0.673. The predicted molar refractivity (Wildman–Crippen MR) is 49.5 cm³/mol. The van der Waals surface area contributed by atoms with Crippen molar-refractivity contribution < 1.29 is 8.78 Å². The zero-order valence-corrected chi connectivity index (χ0v) is 7.54. The minimum absolute atomic E-state index is 0.0378. The molecule has 0 fully saturated rings. The van der Waals surface area contributed by atoms with E-state index in [1.165, 1.54) is 0 Å². The number of benzene rings is 1. The zero-order chi connectivity index (χ0) is 10.0. The van der Waals surface area contributed by atoms with Crippen LogP contribution in [0.2, 0.25) is 5.02 Å². The molecule has 1 aromatic carbocycles. The van der Waals surface area contributed by atoms with Crippen LogP contribution in [0, 0.1) is 11.6 Å². The van der Waals surface area contributed by atoms with Gasteiger partial charge in [-0.2, -0.15) is 0 Å². The van der Waals surface area contributed by atoms with E-state index in [2.05, 4.69) is 6.58 Å². The predicted octanol–water partition coefficient (Wildman–Crippen LogP) is 2.59. The summed E-state index contributed by atoms with van der Waals surface area (Å²) in [5.74, 6) is -1.28. The summed E-state index contributed by atoms with van der Waals surface area (Å²) in [5.41, 5.74) is 5.49. The summed E-state index contributed by atoms with van der Waals surface area (Å²) >= 11 is 5.54. The van der Waals surface area contributed by atoms with Gasteiger partial charge in [0.25, 0.3) is 0 Å². The number of hydrogen-bond acceptors (Lipinski definition) is 1. The lowest BCUT2D eigenvalue weighted by Gasteiger charge is -2.07. The van der Waals surface area contributed by atoms with E-state index in [0.717, 1.165) is 12.1 Å². The summed E-state index contributed by atoms with van der Waals surface area (Å²) in [5, 5.41) is -0.268. The fourth-order valence-corrected chi connectivity index (χ4v) is 1.24. The van der Waals surface area contributed by atoms with Gasteiger partial charge in [-0.05, 0) is 17.7 Å². The third kappa shape index (κ3) is 1.87. The molecule has 1 rings (SSSR count). The van der Waals surface area contributed by atoms with Crippen LogP contribution in [0.15, 0.2) is 18.7 Å². The summed E-state index contributed by atoms with van der Waals surface area (Å²) in [6.45, 7) is 3.53. The van der Waals surface area contributed by atoms with Gasteiger partial charge < -0.3 is 5.73 Å². The Labute approximate surface area is 79.8 Å². The van der Waals surface area contributed by atoms with Gasteiger partial charge in [0.2, 0.25) is 0 Å². The van der Waals surface area contributed by atoms with E-state index < -0.39 is 11.6 Å². The molecule has 0 unspecified atom stereocenters. The van der Waals surface area contributed by atoms with Gasteiger partial charge >= 0.3 is 0 Å². The number of halogens is 3. The molecule has 0 aliphatic rings. The first-order chi connectivity index (χ1) is 6.07. The Bertz CT molecular complexity index is 350. The first-order valence-corrected chi connectivity index (χ1v) is 3.97. The summed E-state index contributed by atoms with van der Waals surface area (Å²) in [6, 6.07) is 1.96. The van der Waals surface area contributed by atoms with E-state index in [9.17, 15) is 8.78 Å². The van der Waals surface area contributed by atoms with E-state index in [-0.39, 0.29) is 22.7 Å². The van der Waals surface area contributed by atoms with Crippen molar-refractivity contribution >= 4 is 17.2 Å². The van der Waals surface area contributed by atoms with Gasteiger partial charge in [-0.15, -0.1) is 0 Å². The highest BCUT2D eigenvalue weighted by Gasteiger charge is 2.13. The topological polar surface area (TPSA) is 26.0 Å². The van der Waals surface area contributed by atoms with E-state index in [1.54, 1.807) is 0 Å². The quantitative estimate of drug-likeness (QED) is 0.735. The molecular formula is C9H8ClF2N. The molecule has 0 saturated carbocycles. The Morgan fingerprint density at radius 1 is 1.38 bits per heavy atom. The van der Waals surface area contributed by atoms with Gasteiger partial charge in [0, 0.05) is 12.1 Å². The van der Waals surface area contributed by atoms with Crippen molar-refractivity contribution in [2.24, 2.45) is 5.73 Å². The second kappa shape index (κ2) is 3.85. The highest BCUT2D eigenvalue weighted by atomic mass is 35.5. The van der Waals surface area contributed by atoms with Crippen LogP contribution in [0.25, 0.3) is 5.57 Å². The third-order valence-corrected chi connectivity index (χ3v) is 2.01. The monoisotopic (exact) mass is 203 g/mol. The molecule has 0 saturated heterocycles. The molecule has 1 aromatic rings. The van der Waals surface area contributed by atoms with Crippen LogP contribution in [-0.2, 0) is 0 Å². The molecule has 0 heterocycles. The van der Waals surface area contributed by atoms with Crippen molar-refractivity contribution in [3.8, 4) is 0 Å². The Kier molecular flexibility index (Phi) is 3.01. The van der Waals surface area contributed by atoms with E-state index >= 15 is 0 Å². The van der Waals surface area contributed by atoms with Crippen molar-refractivity contribution in [1.29, 1.82) is 0 Å². The fraction of sp³-hybridized carbons (Fsp3) is 0.111. The molecule has 0 radical (unpaired) electrons. The standard InChI is InChI=1S/C9H8ClF2N/c1-5(4-13)8-6(11)2-3-7(12)9(8)10/h2-3H,1,4,13H2. The van der Waals surface area contributed by atoms with Gasteiger partial charge in [0.05, 0.1) is 5.02 Å². The van der Waals surface area contributed by atoms with Crippen LogP contribution < -0.4 is 5.73 Å². The summed E-state index contributed by atoms with van der Waals surface area (Å²) in [4.78, 5) is 0. The van der Waals surface area contributed by atoms with Crippen molar-refractivity contribution in [3.05, 3.63) is 40.9 Å². The molecular weight excluding hydrogens is 196 g/mol. The van der Waals surface area contributed by atoms with Crippen LogP contribution in [0.4, 0.5) is 8.78 Å². The minimum Gasteiger partial charge on any atom is -0.326 e. The largest absolute Gasteiger partial charge is 0.326 e. The molecule has 4 heteroatoms. The second-order valence-electron chi connectivity index (χ2n) is 2.53. The third-order valence-electron chi connectivity index (χ3n) is 1.64.